The topological polar surface area (TPSA) is 110 Å². The van der Waals surface area contributed by atoms with Crippen LogP contribution in [0.2, 0.25) is 0 Å². The minimum Gasteiger partial charge on any atom is -0.356 e. The highest BCUT2D eigenvalue weighted by Crippen LogP contribution is 2.18. The van der Waals surface area contributed by atoms with Gasteiger partial charge in [0, 0.05) is 31.6 Å². The zero-order valence-electron chi connectivity index (χ0n) is 17.2. The molecule has 31 heavy (non-hydrogen) atoms. The molecule has 0 unspecified atom stereocenters. The largest absolute Gasteiger partial charge is 0.356 e. The number of nitrogens with zero attached hydrogens (tertiary/aromatic N) is 1. The summed E-state index contributed by atoms with van der Waals surface area (Å²) in [5, 5.41) is 8.03. The number of carbonyl (C=O) groups excluding carboxylic acids is 2. The molecule has 1 heterocycles. The lowest BCUT2D eigenvalue weighted by Crippen LogP contribution is -2.42. The Morgan fingerprint density at radius 1 is 1.03 bits per heavy atom. The van der Waals surface area contributed by atoms with Crippen molar-refractivity contribution in [3.63, 3.8) is 0 Å². The Morgan fingerprint density at radius 3 is 2.29 bits per heavy atom. The molecule has 1 aliphatic rings. The Bertz CT molecular complexity index is 1030. The van der Waals surface area contributed by atoms with Gasteiger partial charge in [-0.1, -0.05) is 42.5 Å². The first-order chi connectivity index (χ1) is 14.8. The molecule has 2 amide bonds. The Labute approximate surface area is 183 Å². The van der Waals surface area contributed by atoms with E-state index in [1.54, 1.807) is 29.2 Å². The molecule has 1 saturated heterocycles. The van der Waals surface area contributed by atoms with Gasteiger partial charge in [0.25, 0.3) is 0 Å². The molecule has 0 aliphatic carbocycles. The Hall–Kier alpha value is -2.97. The van der Waals surface area contributed by atoms with Crippen LogP contribution in [0.3, 0.4) is 0 Å². The van der Waals surface area contributed by atoms with Gasteiger partial charge >= 0.3 is 0 Å². The molecular formula is C23H27N3O4S. The molecule has 0 radical (unpaired) electrons. The van der Waals surface area contributed by atoms with Crippen LogP contribution in [0.1, 0.15) is 24.0 Å². The number of primary sulfonamides is 1. The lowest BCUT2D eigenvalue weighted by atomic mass is 9.95. The molecule has 1 aliphatic heterocycles. The van der Waals surface area contributed by atoms with E-state index in [1.807, 2.05) is 30.3 Å². The summed E-state index contributed by atoms with van der Waals surface area (Å²) in [5.74, 6) is -0.148. The lowest BCUT2D eigenvalue weighted by Gasteiger charge is -2.30. The molecule has 0 saturated carbocycles. The molecule has 1 fully saturated rings. The fourth-order valence-electron chi connectivity index (χ4n) is 3.52. The second kappa shape index (κ2) is 10.4. The summed E-state index contributed by atoms with van der Waals surface area (Å²) in [6, 6.07) is 16.0. The van der Waals surface area contributed by atoms with E-state index in [1.165, 1.54) is 12.1 Å². The van der Waals surface area contributed by atoms with Crippen molar-refractivity contribution in [3.8, 4) is 0 Å². The summed E-state index contributed by atoms with van der Waals surface area (Å²) in [6.45, 7) is 1.59. The molecule has 8 heteroatoms. The van der Waals surface area contributed by atoms with Crippen molar-refractivity contribution in [1.29, 1.82) is 0 Å². The fraction of sp³-hybridized carbons (Fsp3) is 0.304. The van der Waals surface area contributed by atoms with Crippen molar-refractivity contribution >= 4 is 27.9 Å². The first-order valence-corrected chi connectivity index (χ1v) is 11.8. The molecule has 0 bridgehead atoms. The number of piperidine rings is 1. The summed E-state index contributed by atoms with van der Waals surface area (Å²) in [5.41, 5.74) is 1.89. The third-order valence-electron chi connectivity index (χ3n) is 5.36. The number of amides is 2. The number of carbonyl (C=O) groups is 2. The summed E-state index contributed by atoms with van der Waals surface area (Å²) >= 11 is 0. The van der Waals surface area contributed by atoms with Crippen LogP contribution in [0.5, 0.6) is 0 Å². The van der Waals surface area contributed by atoms with E-state index in [2.05, 4.69) is 5.32 Å². The van der Waals surface area contributed by atoms with E-state index in [9.17, 15) is 18.0 Å². The zero-order valence-corrected chi connectivity index (χ0v) is 18.1. The zero-order chi connectivity index (χ0) is 22.3. The van der Waals surface area contributed by atoms with Crippen molar-refractivity contribution in [3.05, 3.63) is 71.8 Å². The Kier molecular flexibility index (Phi) is 7.59. The van der Waals surface area contributed by atoms with Crippen LogP contribution in [-0.4, -0.2) is 44.8 Å². The van der Waals surface area contributed by atoms with E-state index in [4.69, 9.17) is 5.14 Å². The SMILES string of the molecule is NS(=O)(=O)c1ccc(CCNC(=O)C2CCN(C(=O)C=Cc3ccccc3)CC2)cc1. The van der Waals surface area contributed by atoms with Gasteiger partial charge < -0.3 is 10.2 Å². The minimum atomic E-state index is -3.70. The van der Waals surface area contributed by atoms with E-state index >= 15 is 0 Å². The Morgan fingerprint density at radius 2 is 1.68 bits per heavy atom. The summed E-state index contributed by atoms with van der Waals surface area (Å²) < 4.78 is 22.6. The average Bonchev–Trinajstić information content (AvgIpc) is 2.78. The van der Waals surface area contributed by atoms with Crippen LogP contribution in [0.25, 0.3) is 6.08 Å². The predicted molar refractivity (Wildman–Crippen MR) is 119 cm³/mol. The molecular weight excluding hydrogens is 414 g/mol. The van der Waals surface area contributed by atoms with Crippen LogP contribution in [0.4, 0.5) is 0 Å². The molecule has 2 aromatic rings. The van der Waals surface area contributed by atoms with Crippen LogP contribution < -0.4 is 10.5 Å². The summed E-state index contributed by atoms with van der Waals surface area (Å²) in [7, 11) is -3.70. The number of benzene rings is 2. The first-order valence-electron chi connectivity index (χ1n) is 10.2. The molecule has 164 valence electrons. The van der Waals surface area contributed by atoms with Crippen molar-refractivity contribution in [2.45, 2.75) is 24.2 Å². The maximum atomic E-state index is 12.4. The first kappa shape index (κ1) is 22.7. The van der Waals surface area contributed by atoms with Crippen LogP contribution in [0.15, 0.2) is 65.6 Å². The van der Waals surface area contributed by atoms with Gasteiger partial charge in [-0.25, -0.2) is 13.6 Å². The van der Waals surface area contributed by atoms with Gasteiger partial charge in [-0.3, -0.25) is 9.59 Å². The quantitative estimate of drug-likeness (QED) is 0.640. The number of nitrogens with two attached hydrogens (primary N) is 1. The van der Waals surface area contributed by atoms with Crippen LogP contribution in [0, 0.1) is 5.92 Å². The van der Waals surface area contributed by atoms with Gasteiger partial charge in [0.2, 0.25) is 21.8 Å². The van der Waals surface area contributed by atoms with Crippen LogP contribution in [-0.2, 0) is 26.0 Å². The molecule has 0 spiro atoms. The highest BCUT2D eigenvalue weighted by atomic mass is 32.2. The standard InChI is InChI=1S/C23H27N3O4S/c24-31(29,30)21-9-6-19(7-10-21)12-15-25-23(28)20-13-16-26(17-14-20)22(27)11-8-18-4-2-1-3-5-18/h1-11,20H,12-17H2,(H,25,28)(H2,24,29,30). The van der Waals surface area contributed by atoms with Gasteiger partial charge in [0.05, 0.1) is 4.90 Å². The predicted octanol–water partition coefficient (Wildman–Crippen LogP) is 1.94. The van der Waals surface area contributed by atoms with E-state index < -0.39 is 10.0 Å². The molecule has 2 aromatic carbocycles. The summed E-state index contributed by atoms with van der Waals surface area (Å²) in [6.07, 6.45) is 5.26. The Balaban J connectivity index is 1.40. The van der Waals surface area contributed by atoms with Crippen molar-refractivity contribution in [2.24, 2.45) is 11.1 Å². The van der Waals surface area contributed by atoms with E-state index in [0.717, 1.165) is 11.1 Å². The van der Waals surface area contributed by atoms with Crippen molar-refractivity contribution < 1.29 is 18.0 Å². The van der Waals surface area contributed by atoms with Gasteiger partial charge in [-0.2, -0.15) is 0 Å². The van der Waals surface area contributed by atoms with Gasteiger partial charge in [-0.05, 0) is 48.6 Å². The second-order valence-electron chi connectivity index (χ2n) is 7.57. The second-order valence-corrected chi connectivity index (χ2v) is 9.13. The number of sulfonamides is 1. The van der Waals surface area contributed by atoms with Crippen LogP contribution >= 0.6 is 0 Å². The third-order valence-corrected chi connectivity index (χ3v) is 6.29. The monoisotopic (exact) mass is 441 g/mol. The van der Waals surface area contributed by atoms with Gasteiger partial charge in [-0.15, -0.1) is 0 Å². The molecule has 3 rings (SSSR count). The number of hydrogen-bond donors (Lipinski definition) is 2. The number of likely N-dealkylation sites (tertiary alicyclic amines) is 1. The highest BCUT2D eigenvalue weighted by molar-refractivity contribution is 7.89. The average molecular weight is 442 g/mol. The number of hydrogen-bond acceptors (Lipinski definition) is 4. The maximum Gasteiger partial charge on any atom is 0.246 e. The molecule has 0 aromatic heterocycles. The van der Waals surface area contributed by atoms with Gasteiger partial charge in [0.15, 0.2) is 0 Å². The minimum absolute atomic E-state index is 0.00640. The fourth-order valence-corrected chi connectivity index (χ4v) is 4.03. The lowest BCUT2D eigenvalue weighted by molar-refractivity contribution is -0.132. The maximum absolute atomic E-state index is 12.4. The number of nitrogens with one attached hydrogen (secondary N) is 1. The van der Waals surface area contributed by atoms with Gasteiger partial charge in [0.1, 0.15) is 0 Å². The smallest absolute Gasteiger partial charge is 0.246 e. The normalized spacial score (nSPS) is 15.2. The summed E-state index contributed by atoms with van der Waals surface area (Å²) in [4.78, 5) is 26.6. The highest BCUT2D eigenvalue weighted by Gasteiger charge is 2.26. The molecule has 0 atom stereocenters. The van der Waals surface area contributed by atoms with Crippen molar-refractivity contribution in [2.75, 3.05) is 19.6 Å². The van der Waals surface area contributed by atoms with E-state index in [0.29, 0.717) is 38.9 Å². The molecule has 7 nitrogen and oxygen atoms in total. The van der Waals surface area contributed by atoms with Crippen molar-refractivity contribution in [1.82, 2.24) is 10.2 Å². The number of rotatable bonds is 7. The van der Waals surface area contributed by atoms with E-state index in [-0.39, 0.29) is 22.6 Å². The third kappa shape index (κ3) is 6.77. The molecule has 3 N–H and O–H groups in total.